The summed E-state index contributed by atoms with van der Waals surface area (Å²) in [6.45, 7) is 3.28. The van der Waals surface area contributed by atoms with Crippen LogP contribution in [0.25, 0.3) is 0 Å². The van der Waals surface area contributed by atoms with Gasteiger partial charge in [-0.1, -0.05) is 18.2 Å². The summed E-state index contributed by atoms with van der Waals surface area (Å²) in [6.07, 6.45) is 1.62. The molecule has 0 unspecified atom stereocenters. The van der Waals surface area contributed by atoms with E-state index in [9.17, 15) is 9.18 Å². The zero-order valence-electron chi connectivity index (χ0n) is 11.7. The first-order chi connectivity index (χ1) is 9.58. The van der Waals surface area contributed by atoms with Gasteiger partial charge in [0.15, 0.2) is 0 Å². The predicted molar refractivity (Wildman–Crippen MR) is 74.4 cm³/mol. The third-order valence-electron chi connectivity index (χ3n) is 3.58. The maximum Gasteiger partial charge on any atom is 0.239 e. The molecule has 4 nitrogen and oxygen atoms in total. The van der Waals surface area contributed by atoms with Crippen LogP contribution in [0.1, 0.15) is 25.3 Å². The van der Waals surface area contributed by atoms with Crippen molar-refractivity contribution in [3.8, 4) is 0 Å². The minimum absolute atomic E-state index is 0.0162. The molecule has 0 saturated carbocycles. The number of hydrogen-bond donors (Lipinski definition) is 1. The summed E-state index contributed by atoms with van der Waals surface area (Å²) >= 11 is 0. The van der Waals surface area contributed by atoms with Crippen molar-refractivity contribution in [2.75, 3.05) is 13.1 Å². The van der Waals surface area contributed by atoms with Gasteiger partial charge in [-0.25, -0.2) is 4.39 Å². The fraction of sp³-hybridized carbons (Fsp3) is 0.533. The molecule has 1 aliphatic rings. The summed E-state index contributed by atoms with van der Waals surface area (Å²) in [7, 11) is 0. The first-order valence-electron chi connectivity index (χ1n) is 6.97. The summed E-state index contributed by atoms with van der Waals surface area (Å²) in [6, 6.07) is 6.17. The van der Waals surface area contributed by atoms with E-state index >= 15 is 0 Å². The molecule has 1 atom stereocenters. The Morgan fingerprint density at radius 2 is 2.10 bits per heavy atom. The lowest BCUT2D eigenvalue weighted by atomic mass is 10.1. The molecule has 1 aromatic carbocycles. The second-order valence-electron chi connectivity index (χ2n) is 5.22. The Morgan fingerprint density at radius 1 is 1.45 bits per heavy atom. The van der Waals surface area contributed by atoms with Crippen LogP contribution in [0, 0.1) is 5.82 Å². The van der Waals surface area contributed by atoms with Gasteiger partial charge in [0.05, 0.1) is 18.8 Å². The zero-order chi connectivity index (χ0) is 14.5. The average molecular weight is 280 g/mol. The Morgan fingerprint density at radius 3 is 2.70 bits per heavy atom. The van der Waals surface area contributed by atoms with Crippen LogP contribution in [0.3, 0.4) is 0 Å². The van der Waals surface area contributed by atoms with Crippen LogP contribution in [0.15, 0.2) is 24.3 Å². The molecular formula is C15H21FN2O2. The van der Waals surface area contributed by atoms with Crippen LogP contribution in [0.4, 0.5) is 4.39 Å². The van der Waals surface area contributed by atoms with Gasteiger partial charge in [-0.2, -0.15) is 0 Å². The van der Waals surface area contributed by atoms with Gasteiger partial charge in [-0.3, -0.25) is 4.79 Å². The number of hydrogen-bond acceptors (Lipinski definition) is 3. The number of nitrogens with zero attached hydrogens (tertiary/aromatic N) is 1. The molecule has 0 radical (unpaired) electrons. The number of carbonyl (C=O) groups excluding carboxylic acids is 1. The maximum atomic E-state index is 13.5. The summed E-state index contributed by atoms with van der Waals surface area (Å²) in [5.41, 5.74) is 6.16. The van der Waals surface area contributed by atoms with Crippen molar-refractivity contribution >= 4 is 5.91 Å². The molecule has 1 aromatic rings. The number of carbonyl (C=O) groups is 1. The third kappa shape index (κ3) is 3.77. The van der Waals surface area contributed by atoms with Crippen LogP contribution < -0.4 is 5.73 Å². The molecule has 1 fully saturated rings. The number of amides is 1. The zero-order valence-corrected chi connectivity index (χ0v) is 11.7. The largest absolute Gasteiger partial charge is 0.373 e. The molecule has 1 aliphatic heterocycles. The number of rotatable bonds is 4. The van der Waals surface area contributed by atoms with E-state index in [-0.39, 0.29) is 24.4 Å². The molecule has 1 saturated heterocycles. The smallest absolute Gasteiger partial charge is 0.239 e. The number of ether oxygens (including phenoxy) is 1. The summed E-state index contributed by atoms with van der Waals surface area (Å²) in [4.78, 5) is 13.5. The van der Waals surface area contributed by atoms with E-state index in [1.807, 2.05) is 0 Å². The number of nitrogens with two attached hydrogens (primary N) is 1. The van der Waals surface area contributed by atoms with Crippen molar-refractivity contribution in [1.82, 2.24) is 4.90 Å². The lowest BCUT2D eigenvalue weighted by Gasteiger charge is -2.32. The van der Waals surface area contributed by atoms with Crippen molar-refractivity contribution in [3.63, 3.8) is 0 Å². The second-order valence-corrected chi connectivity index (χ2v) is 5.22. The monoisotopic (exact) mass is 280 g/mol. The van der Waals surface area contributed by atoms with Crippen molar-refractivity contribution < 1.29 is 13.9 Å². The minimum Gasteiger partial charge on any atom is -0.373 e. The fourth-order valence-electron chi connectivity index (χ4n) is 2.35. The number of halogens is 1. The van der Waals surface area contributed by atoms with Gasteiger partial charge in [0.25, 0.3) is 0 Å². The normalized spacial score (nSPS) is 18.1. The highest BCUT2D eigenvalue weighted by Gasteiger charge is 2.24. The van der Waals surface area contributed by atoms with Gasteiger partial charge >= 0.3 is 0 Å². The summed E-state index contributed by atoms with van der Waals surface area (Å²) < 4.78 is 19.2. The molecule has 0 aliphatic carbocycles. The molecule has 0 aromatic heterocycles. The van der Waals surface area contributed by atoms with Gasteiger partial charge in [0.2, 0.25) is 5.91 Å². The minimum atomic E-state index is -0.453. The van der Waals surface area contributed by atoms with Crippen molar-refractivity contribution in [2.24, 2.45) is 5.73 Å². The second kappa shape index (κ2) is 6.81. The molecule has 0 spiro atoms. The molecule has 110 valence electrons. The number of likely N-dealkylation sites (tertiary alicyclic amines) is 1. The highest BCUT2D eigenvalue weighted by atomic mass is 19.1. The molecule has 1 amide bonds. The molecule has 2 rings (SSSR count). The lowest BCUT2D eigenvalue weighted by molar-refractivity contribution is -0.135. The maximum absolute atomic E-state index is 13.5. The molecular weight excluding hydrogens is 259 g/mol. The van der Waals surface area contributed by atoms with Crippen molar-refractivity contribution in [1.29, 1.82) is 0 Å². The van der Waals surface area contributed by atoms with Gasteiger partial charge < -0.3 is 15.4 Å². The number of benzene rings is 1. The van der Waals surface area contributed by atoms with Gasteiger partial charge in [-0.05, 0) is 25.8 Å². The van der Waals surface area contributed by atoms with E-state index < -0.39 is 6.04 Å². The molecule has 1 heterocycles. The summed E-state index contributed by atoms with van der Waals surface area (Å²) in [5, 5.41) is 0. The molecule has 2 N–H and O–H groups in total. The highest BCUT2D eigenvalue weighted by molar-refractivity contribution is 5.81. The molecule has 20 heavy (non-hydrogen) atoms. The van der Waals surface area contributed by atoms with Gasteiger partial charge in [-0.15, -0.1) is 0 Å². The SMILES string of the molecule is C[C@H](N)C(=O)N1CCC(OCc2ccccc2F)CC1. The first-order valence-corrected chi connectivity index (χ1v) is 6.97. The Bertz CT molecular complexity index is 457. The molecule has 0 bridgehead atoms. The lowest BCUT2D eigenvalue weighted by Crippen LogP contribution is -2.47. The van der Waals surface area contributed by atoms with E-state index in [0.29, 0.717) is 18.7 Å². The Balaban J connectivity index is 1.78. The quantitative estimate of drug-likeness (QED) is 0.913. The number of piperidine rings is 1. The Labute approximate surface area is 118 Å². The molecule has 5 heteroatoms. The van der Waals surface area contributed by atoms with E-state index in [2.05, 4.69) is 0 Å². The van der Waals surface area contributed by atoms with Crippen LogP contribution in [0.5, 0.6) is 0 Å². The van der Waals surface area contributed by atoms with Gasteiger partial charge in [0, 0.05) is 18.7 Å². The van der Waals surface area contributed by atoms with Crippen LogP contribution in [0.2, 0.25) is 0 Å². The van der Waals surface area contributed by atoms with E-state index in [1.54, 1.807) is 30.0 Å². The summed E-state index contributed by atoms with van der Waals surface area (Å²) in [5.74, 6) is -0.255. The van der Waals surface area contributed by atoms with E-state index in [1.165, 1.54) is 6.07 Å². The third-order valence-corrected chi connectivity index (χ3v) is 3.58. The predicted octanol–water partition coefficient (Wildman–Crippen LogP) is 1.68. The fourth-order valence-corrected chi connectivity index (χ4v) is 2.35. The highest BCUT2D eigenvalue weighted by Crippen LogP contribution is 2.17. The first kappa shape index (κ1) is 14.9. The van der Waals surface area contributed by atoms with Crippen LogP contribution >= 0.6 is 0 Å². The van der Waals surface area contributed by atoms with Crippen molar-refractivity contribution in [3.05, 3.63) is 35.6 Å². The van der Waals surface area contributed by atoms with E-state index in [4.69, 9.17) is 10.5 Å². The Hall–Kier alpha value is -1.46. The van der Waals surface area contributed by atoms with Crippen LogP contribution in [-0.2, 0) is 16.1 Å². The van der Waals surface area contributed by atoms with Crippen LogP contribution in [-0.4, -0.2) is 36.0 Å². The average Bonchev–Trinajstić information content (AvgIpc) is 2.46. The van der Waals surface area contributed by atoms with Gasteiger partial charge in [0.1, 0.15) is 5.82 Å². The Kier molecular flexibility index (Phi) is 5.09. The van der Waals surface area contributed by atoms with E-state index in [0.717, 1.165) is 12.8 Å². The van der Waals surface area contributed by atoms with Crippen molar-refractivity contribution in [2.45, 2.75) is 38.5 Å². The standard InChI is InChI=1S/C15H21FN2O2/c1-11(17)15(19)18-8-6-13(7-9-18)20-10-12-4-2-3-5-14(12)16/h2-5,11,13H,6-10,17H2,1H3/t11-/m0/s1. The topological polar surface area (TPSA) is 55.6 Å².